The minimum Gasteiger partial charge on any atom is -0.491 e. The second-order valence-corrected chi connectivity index (χ2v) is 6.01. The fourth-order valence-corrected chi connectivity index (χ4v) is 2.09. The number of nitrogens with one attached hydrogen (secondary N) is 1. The molecule has 1 atom stereocenters. The lowest BCUT2D eigenvalue weighted by Crippen LogP contribution is -2.32. The summed E-state index contributed by atoms with van der Waals surface area (Å²) in [5, 5.41) is 13.1. The van der Waals surface area contributed by atoms with Crippen LogP contribution in [0.1, 0.15) is 0 Å². The Balaban J connectivity index is 2.16. The van der Waals surface area contributed by atoms with Gasteiger partial charge in [-0.05, 0) is 23.9 Å². The molecule has 0 aliphatic heterocycles. The van der Waals surface area contributed by atoms with Crippen LogP contribution in [0.4, 0.5) is 13.2 Å². The number of benzene rings is 1. The van der Waals surface area contributed by atoms with E-state index >= 15 is 0 Å². The Hall–Kier alpha value is -0.340. The summed E-state index contributed by atoms with van der Waals surface area (Å²) in [7, 11) is 0. The topological polar surface area (TPSA) is 41.5 Å². The Bertz CT molecular complexity index is 449. The normalized spacial score (nSPS) is 13.2. The first kappa shape index (κ1) is 18.7. The number of rotatable bonds is 8. The molecule has 120 valence electrons. The van der Waals surface area contributed by atoms with Crippen LogP contribution in [0.15, 0.2) is 18.2 Å². The molecule has 0 aliphatic rings. The molecule has 9 heteroatoms. The fraction of sp³-hybridized carbons (Fsp3) is 0.500. The summed E-state index contributed by atoms with van der Waals surface area (Å²) < 4.78 is 40.9. The van der Waals surface area contributed by atoms with Crippen LogP contribution in [0.3, 0.4) is 0 Å². The predicted octanol–water partition coefficient (Wildman–Crippen LogP) is 3.58. The molecular formula is C12H14Cl2F3NO2S. The minimum atomic E-state index is -4.22. The van der Waals surface area contributed by atoms with Crippen LogP contribution in [0.5, 0.6) is 5.75 Å². The monoisotopic (exact) mass is 363 g/mol. The maximum absolute atomic E-state index is 11.9. The Labute approximate surface area is 134 Å². The van der Waals surface area contributed by atoms with Crippen LogP contribution in [-0.4, -0.2) is 42.2 Å². The van der Waals surface area contributed by atoms with Crippen LogP contribution >= 0.6 is 35.0 Å². The molecule has 0 fully saturated rings. The molecule has 0 saturated carbocycles. The van der Waals surface area contributed by atoms with Crippen LogP contribution in [0.25, 0.3) is 0 Å². The van der Waals surface area contributed by atoms with Gasteiger partial charge in [-0.2, -0.15) is 13.2 Å². The zero-order chi connectivity index (χ0) is 15.9. The third-order valence-corrected chi connectivity index (χ3v) is 3.73. The molecule has 1 aromatic rings. The summed E-state index contributed by atoms with van der Waals surface area (Å²) in [5.41, 5.74) is -4.22. The summed E-state index contributed by atoms with van der Waals surface area (Å²) >= 11 is 11.4. The Kier molecular flexibility index (Phi) is 7.97. The van der Waals surface area contributed by atoms with Crippen molar-refractivity contribution in [1.82, 2.24) is 5.32 Å². The molecule has 1 rings (SSSR count). The summed E-state index contributed by atoms with van der Waals surface area (Å²) in [4.78, 5) is 0. The van der Waals surface area contributed by atoms with Crippen molar-refractivity contribution in [1.29, 1.82) is 0 Å². The minimum absolute atomic E-state index is 0.00260. The molecule has 2 N–H and O–H groups in total. The van der Waals surface area contributed by atoms with E-state index in [1.54, 1.807) is 12.1 Å². The molecule has 0 radical (unpaired) electrons. The SMILES string of the molecule is OC(CNCCSC(F)(F)F)COc1ccc(Cl)c(Cl)c1. The molecule has 0 amide bonds. The first-order chi connectivity index (χ1) is 9.78. The zero-order valence-corrected chi connectivity index (χ0v) is 13.1. The van der Waals surface area contributed by atoms with Crippen LogP contribution in [-0.2, 0) is 0 Å². The number of ether oxygens (including phenoxy) is 1. The van der Waals surface area contributed by atoms with Crippen molar-refractivity contribution in [3.63, 3.8) is 0 Å². The predicted molar refractivity (Wildman–Crippen MR) is 79.3 cm³/mol. The summed E-state index contributed by atoms with van der Waals surface area (Å²) in [6.07, 6.45) is -0.838. The van der Waals surface area contributed by atoms with E-state index in [0.29, 0.717) is 15.8 Å². The summed E-state index contributed by atoms with van der Waals surface area (Å²) in [5.74, 6) is 0.347. The van der Waals surface area contributed by atoms with E-state index in [1.807, 2.05) is 0 Å². The summed E-state index contributed by atoms with van der Waals surface area (Å²) in [6, 6.07) is 4.69. The fourth-order valence-electron chi connectivity index (χ4n) is 1.33. The van der Waals surface area contributed by atoms with Crippen molar-refractivity contribution in [2.75, 3.05) is 25.4 Å². The highest BCUT2D eigenvalue weighted by atomic mass is 35.5. The smallest absolute Gasteiger partial charge is 0.441 e. The van der Waals surface area contributed by atoms with Gasteiger partial charge in [-0.15, -0.1) is 0 Å². The van der Waals surface area contributed by atoms with Crippen LogP contribution < -0.4 is 10.1 Å². The van der Waals surface area contributed by atoms with Gasteiger partial charge in [-0.1, -0.05) is 23.2 Å². The van der Waals surface area contributed by atoms with E-state index in [-0.39, 0.29) is 37.2 Å². The maximum atomic E-state index is 11.9. The Morgan fingerprint density at radius 1 is 1.29 bits per heavy atom. The van der Waals surface area contributed by atoms with E-state index < -0.39 is 11.6 Å². The molecule has 21 heavy (non-hydrogen) atoms. The average molecular weight is 364 g/mol. The molecule has 0 aromatic heterocycles. The molecule has 3 nitrogen and oxygen atoms in total. The molecular weight excluding hydrogens is 350 g/mol. The van der Waals surface area contributed by atoms with Crippen molar-refractivity contribution in [2.24, 2.45) is 0 Å². The molecule has 1 unspecified atom stereocenters. The molecule has 1 aromatic carbocycles. The quantitative estimate of drug-likeness (QED) is 0.692. The van der Waals surface area contributed by atoms with E-state index in [4.69, 9.17) is 27.9 Å². The highest BCUT2D eigenvalue weighted by molar-refractivity contribution is 8.00. The standard InChI is InChI=1S/C12H14Cl2F3NO2S/c13-10-2-1-9(5-11(10)14)20-7-8(19)6-18-3-4-21-12(15,16)17/h1-2,5,8,18-19H,3-4,6-7H2. The van der Waals surface area contributed by atoms with Crippen molar-refractivity contribution >= 4 is 35.0 Å². The number of thioether (sulfide) groups is 1. The van der Waals surface area contributed by atoms with Gasteiger partial charge in [0.1, 0.15) is 18.5 Å². The Morgan fingerprint density at radius 3 is 2.62 bits per heavy atom. The Morgan fingerprint density at radius 2 is 2.00 bits per heavy atom. The summed E-state index contributed by atoms with van der Waals surface area (Å²) in [6.45, 7) is 0.283. The van der Waals surface area contributed by atoms with E-state index in [0.717, 1.165) is 0 Å². The van der Waals surface area contributed by atoms with Crippen molar-refractivity contribution < 1.29 is 23.0 Å². The number of aliphatic hydroxyl groups is 1. The van der Waals surface area contributed by atoms with Crippen molar-refractivity contribution in [3.05, 3.63) is 28.2 Å². The largest absolute Gasteiger partial charge is 0.491 e. The third-order valence-electron chi connectivity index (χ3n) is 2.26. The average Bonchev–Trinajstić information content (AvgIpc) is 2.38. The van der Waals surface area contributed by atoms with E-state index in [1.165, 1.54) is 6.07 Å². The van der Waals surface area contributed by atoms with Gasteiger partial charge in [0.2, 0.25) is 0 Å². The van der Waals surface area contributed by atoms with Gasteiger partial charge in [0.25, 0.3) is 0 Å². The second kappa shape index (κ2) is 8.95. The third kappa shape index (κ3) is 8.63. The van der Waals surface area contributed by atoms with Crippen LogP contribution in [0.2, 0.25) is 10.0 Å². The molecule has 0 aliphatic carbocycles. The van der Waals surface area contributed by atoms with Gasteiger partial charge in [0, 0.05) is 24.9 Å². The molecule has 0 spiro atoms. The number of alkyl halides is 3. The van der Waals surface area contributed by atoms with Gasteiger partial charge in [-0.3, -0.25) is 0 Å². The number of hydrogen-bond acceptors (Lipinski definition) is 4. The van der Waals surface area contributed by atoms with Gasteiger partial charge in [0.05, 0.1) is 10.0 Å². The first-order valence-corrected chi connectivity index (χ1v) is 7.69. The lowest BCUT2D eigenvalue weighted by molar-refractivity contribution is -0.0327. The highest BCUT2D eigenvalue weighted by Gasteiger charge is 2.27. The number of hydrogen-bond donors (Lipinski definition) is 2. The molecule has 0 saturated heterocycles. The molecule has 0 bridgehead atoms. The first-order valence-electron chi connectivity index (χ1n) is 5.95. The second-order valence-electron chi connectivity index (χ2n) is 4.04. The zero-order valence-electron chi connectivity index (χ0n) is 10.8. The van der Waals surface area contributed by atoms with Crippen molar-refractivity contribution in [2.45, 2.75) is 11.6 Å². The number of aliphatic hydroxyl groups excluding tert-OH is 1. The molecule has 0 heterocycles. The lowest BCUT2D eigenvalue weighted by atomic mass is 10.3. The highest BCUT2D eigenvalue weighted by Crippen LogP contribution is 2.29. The van der Waals surface area contributed by atoms with Gasteiger partial charge in [0.15, 0.2) is 0 Å². The van der Waals surface area contributed by atoms with Crippen molar-refractivity contribution in [3.8, 4) is 5.75 Å². The lowest BCUT2D eigenvalue weighted by Gasteiger charge is -2.13. The maximum Gasteiger partial charge on any atom is 0.441 e. The van der Waals surface area contributed by atoms with E-state index in [2.05, 4.69) is 5.32 Å². The van der Waals surface area contributed by atoms with Gasteiger partial charge in [-0.25, -0.2) is 0 Å². The van der Waals surface area contributed by atoms with E-state index in [9.17, 15) is 18.3 Å². The van der Waals surface area contributed by atoms with Gasteiger partial charge < -0.3 is 15.2 Å². The van der Waals surface area contributed by atoms with Crippen LogP contribution in [0, 0.1) is 0 Å². The number of halogens is 5. The van der Waals surface area contributed by atoms with Gasteiger partial charge >= 0.3 is 5.51 Å².